The van der Waals surface area contributed by atoms with Gasteiger partial charge in [-0.25, -0.2) is 4.39 Å². The number of alkyl halides is 1. The van der Waals surface area contributed by atoms with Crippen LogP contribution in [-0.4, -0.2) is 12.2 Å². The lowest BCUT2D eigenvalue weighted by atomic mass is 9.94. The Morgan fingerprint density at radius 2 is 2.00 bits per heavy atom. The summed E-state index contributed by atoms with van der Waals surface area (Å²) in [6.07, 6.45) is 8.85. The Labute approximate surface area is 140 Å². The Kier molecular flexibility index (Phi) is 4.22. The van der Waals surface area contributed by atoms with Crippen LogP contribution in [0, 0.1) is 5.92 Å². The highest BCUT2D eigenvalue weighted by Crippen LogP contribution is 2.46. The lowest BCUT2D eigenvalue weighted by Gasteiger charge is -2.26. The Hall–Kier alpha value is -0.520. The lowest BCUT2D eigenvalue weighted by Crippen LogP contribution is -2.30. The van der Waals surface area contributed by atoms with Crippen molar-refractivity contribution in [3.63, 3.8) is 0 Å². The molecule has 1 aromatic rings. The number of aryl methyl sites for hydroxylation is 1. The SMILES string of the molecule is C=C(Nc1sc2c(c1SNC1CCC1)CCCC2)[C@H]1C[C@@H]1F. The van der Waals surface area contributed by atoms with Gasteiger partial charge < -0.3 is 5.32 Å². The summed E-state index contributed by atoms with van der Waals surface area (Å²) in [5.41, 5.74) is 2.38. The molecule has 0 aliphatic heterocycles. The molecule has 4 rings (SSSR count). The summed E-state index contributed by atoms with van der Waals surface area (Å²) in [6.45, 7) is 4.06. The van der Waals surface area contributed by atoms with E-state index < -0.39 is 6.17 Å². The van der Waals surface area contributed by atoms with Crippen molar-refractivity contribution in [2.24, 2.45) is 5.92 Å². The van der Waals surface area contributed by atoms with Gasteiger partial charge in [0.15, 0.2) is 0 Å². The van der Waals surface area contributed by atoms with Crippen molar-refractivity contribution in [3.05, 3.63) is 22.7 Å². The summed E-state index contributed by atoms with van der Waals surface area (Å²) in [7, 11) is 0. The second-order valence-electron chi connectivity index (χ2n) is 6.73. The molecule has 120 valence electrons. The van der Waals surface area contributed by atoms with E-state index in [4.69, 9.17) is 0 Å². The molecule has 1 aromatic heterocycles. The molecule has 2 nitrogen and oxygen atoms in total. The summed E-state index contributed by atoms with van der Waals surface area (Å²) >= 11 is 3.65. The fourth-order valence-corrected chi connectivity index (χ4v) is 5.70. The molecular formula is C17H23FN2S2. The van der Waals surface area contributed by atoms with Gasteiger partial charge in [-0.05, 0) is 62.5 Å². The van der Waals surface area contributed by atoms with Crippen LogP contribution in [0.25, 0.3) is 0 Å². The van der Waals surface area contributed by atoms with Crippen LogP contribution in [-0.2, 0) is 12.8 Å². The van der Waals surface area contributed by atoms with Crippen LogP contribution in [0.15, 0.2) is 17.2 Å². The first-order valence-corrected chi connectivity index (χ1v) is 10.0. The predicted molar refractivity (Wildman–Crippen MR) is 93.4 cm³/mol. The average molecular weight is 339 g/mol. The molecule has 3 aliphatic carbocycles. The number of hydrogen-bond acceptors (Lipinski definition) is 4. The van der Waals surface area contributed by atoms with E-state index in [1.165, 1.54) is 65.3 Å². The predicted octanol–water partition coefficient (Wildman–Crippen LogP) is 5.06. The first-order valence-electron chi connectivity index (χ1n) is 8.39. The highest BCUT2D eigenvalue weighted by Gasteiger charge is 2.40. The number of anilines is 1. The highest BCUT2D eigenvalue weighted by atomic mass is 32.2. The Morgan fingerprint density at radius 3 is 2.68 bits per heavy atom. The third-order valence-corrected chi connectivity index (χ3v) is 7.43. The molecule has 0 spiro atoms. The average Bonchev–Trinajstić information content (AvgIpc) is 3.09. The van der Waals surface area contributed by atoms with Gasteiger partial charge in [-0.3, -0.25) is 4.72 Å². The first-order chi connectivity index (χ1) is 10.7. The van der Waals surface area contributed by atoms with Crippen LogP contribution in [0.5, 0.6) is 0 Å². The van der Waals surface area contributed by atoms with Crippen LogP contribution in [0.4, 0.5) is 9.39 Å². The summed E-state index contributed by atoms with van der Waals surface area (Å²) in [4.78, 5) is 2.87. The van der Waals surface area contributed by atoms with Gasteiger partial charge in [-0.1, -0.05) is 13.0 Å². The molecule has 0 bridgehead atoms. The van der Waals surface area contributed by atoms with Crippen LogP contribution >= 0.6 is 23.3 Å². The van der Waals surface area contributed by atoms with Crippen molar-refractivity contribution in [2.45, 2.75) is 68.5 Å². The van der Waals surface area contributed by atoms with E-state index >= 15 is 0 Å². The van der Waals surface area contributed by atoms with Gasteiger partial charge in [0.2, 0.25) is 0 Å². The number of thiophene rings is 1. The van der Waals surface area contributed by atoms with E-state index in [1.54, 1.807) is 11.9 Å². The first kappa shape index (κ1) is 15.0. The van der Waals surface area contributed by atoms with E-state index in [2.05, 4.69) is 16.6 Å². The van der Waals surface area contributed by atoms with E-state index in [0.717, 1.165) is 5.70 Å². The normalized spacial score (nSPS) is 27.1. The standard InChI is InChI=1S/C17H23FN2S2/c1-10(13-9-14(13)18)19-17-16(22-20-11-5-4-6-11)12-7-2-3-8-15(12)21-17/h11,13-14,19-20H,1-9H2/t13-,14+/m1/s1. The molecule has 2 atom stereocenters. The topological polar surface area (TPSA) is 24.1 Å². The number of nitrogens with one attached hydrogen (secondary N) is 2. The molecule has 0 unspecified atom stereocenters. The van der Waals surface area contributed by atoms with Crippen molar-refractivity contribution in [3.8, 4) is 0 Å². The lowest BCUT2D eigenvalue weighted by molar-refractivity contribution is 0.395. The van der Waals surface area contributed by atoms with Crippen molar-refractivity contribution < 1.29 is 4.39 Å². The molecule has 2 saturated carbocycles. The summed E-state index contributed by atoms with van der Waals surface area (Å²) < 4.78 is 16.9. The van der Waals surface area contributed by atoms with Gasteiger partial charge in [0.1, 0.15) is 11.2 Å². The van der Waals surface area contributed by atoms with Crippen molar-refractivity contribution in [2.75, 3.05) is 5.32 Å². The van der Waals surface area contributed by atoms with E-state index in [9.17, 15) is 4.39 Å². The second-order valence-corrected chi connectivity index (χ2v) is 8.68. The minimum Gasteiger partial charge on any atom is -0.350 e. The number of halogens is 1. The second kappa shape index (κ2) is 6.17. The number of fused-ring (bicyclic) bond motifs is 1. The van der Waals surface area contributed by atoms with Crippen molar-refractivity contribution in [1.82, 2.24) is 4.72 Å². The Balaban J connectivity index is 1.52. The molecule has 2 N–H and O–H groups in total. The molecule has 0 saturated heterocycles. The summed E-state index contributed by atoms with van der Waals surface area (Å²) in [6, 6.07) is 0.666. The smallest absolute Gasteiger partial charge is 0.109 e. The van der Waals surface area contributed by atoms with Gasteiger partial charge in [-0.2, -0.15) is 0 Å². The van der Waals surface area contributed by atoms with Crippen LogP contribution < -0.4 is 10.0 Å². The molecule has 0 aromatic carbocycles. The van der Waals surface area contributed by atoms with Gasteiger partial charge in [0.25, 0.3) is 0 Å². The zero-order valence-corrected chi connectivity index (χ0v) is 14.4. The van der Waals surface area contributed by atoms with Gasteiger partial charge in [0.05, 0.1) is 4.90 Å². The molecule has 5 heteroatoms. The maximum absolute atomic E-state index is 13.2. The van der Waals surface area contributed by atoms with Crippen LogP contribution in [0.1, 0.15) is 49.0 Å². The Bertz CT molecular complexity index is 579. The fourth-order valence-electron chi connectivity index (χ4n) is 3.16. The maximum Gasteiger partial charge on any atom is 0.109 e. The molecular weight excluding hydrogens is 315 g/mol. The van der Waals surface area contributed by atoms with Gasteiger partial charge >= 0.3 is 0 Å². The number of rotatable bonds is 6. The third kappa shape index (κ3) is 2.95. The molecule has 3 aliphatic rings. The Morgan fingerprint density at radius 1 is 1.23 bits per heavy atom. The summed E-state index contributed by atoms with van der Waals surface area (Å²) in [5, 5.41) is 4.63. The maximum atomic E-state index is 13.2. The molecule has 0 amide bonds. The zero-order chi connectivity index (χ0) is 15.1. The molecule has 0 radical (unpaired) electrons. The fraction of sp³-hybridized carbons (Fsp3) is 0.647. The monoisotopic (exact) mass is 338 g/mol. The minimum atomic E-state index is -0.682. The van der Waals surface area contributed by atoms with Crippen molar-refractivity contribution in [1.29, 1.82) is 0 Å². The quantitative estimate of drug-likeness (QED) is 0.709. The largest absolute Gasteiger partial charge is 0.350 e. The minimum absolute atomic E-state index is 0.0246. The summed E-state index contributed by atoms with van der Waals surface area (Å²) in [5.74, 6) is 0.0246. The van der Waals surface area contributed by atoms with Gasteiger partial charge in [-0.15, -0.1) is 11.3 Å². The zero-order valence-electron chi connectivity index (χ0n) is 12.8. The van der Waals surface area contributed by atoms with E-state index in [0.29, 0.717) is 12.5 Å². The van der Waals surface area contributed by atoms with Crippen LogP contribution in [0.2, 0.25) is 0 Å². The third-order valence-electron chi connectivity index (χ3n) is 4.99. The molecule has 1 heterocycles. The number of allylic oxidation sites excluding steroid dienone is 1. The molecule has 22 heavy (non-hydrogen) atoms. The highest BCUT2D eigenvalue weighted by molar-refractivity contribution is 7.97. The van der Waals surface area contributed by atoms with E-state index in [1.807, 2.05) is 11.3 Å². The van der Waals surface area contributed by atoms with Crippen molar-refractivity contribution >= 4 is 28.3 Å². The van der Waals surface area contributed by atoms with E-state index in [-0.39, 0.29) is 5.92 Å². The van der Waals surface area contributed by atoms with Crippen LogP contribution in [0.3, 0.4) is 0 Å². The number of hydrogen-bond donors (Lipinski definition) is 2. The molecule has 2 fully saturated rings. The van der Waals surface area contributed by atoms with Gasteiger partial charge in [0, 0.05) is 22.5 Å².